The molecule has 0 aliphatic heterocycles. The van der Waals surface area contributed by atoms with E-state index in [1.807, 2.05) is 19.3 Å². The van der Waals surface area contributed by atoms with E-state index in [9.17, 15) is 38.1 Å². The number of aliphatic imine (C=N–C) groups is 1. The predicted octanol–water partition coefficient (Wildman–Crippen LogP) is 5.46. The second kappa shape index (κ2) is 32.1. The predicted molar refractivity (Wildman–Crippen MR) is 266 cm³/mol. The molecule has 8 aromatic rings. The molecule has 36 heteroatoms. The van der Waals surface area contributed by atoms with Crippen LogP contribution < -0.4 is 57.8 Å². The average Bonchev–Trinajstić information content (AvgIpc) is 4.28. The van der Waals surface area contributed by atoms with Crippen molar-refractivity contribution in [2.45, 2.75) is 59.3 Å². The van der Waals surface area contributed by atoms with E-state index in [0.717, 1.165) is 53.7 Å². The molecule has 414 valence electrons. The number of amidine groups is 1. The highest BCUT2D eigenvalue weighted by Gasteiger charge is 2.31. The molecule has 0 aliphatic carbocycles. The minimum atomic E-state index is -0.939. The van der Waals surface area contributed by atoms with Crippen molar-refractivity contribution >= 4 is 76.8 Å². The molecule has 0 fully saturated rings. The maximum Gasteiger partial charge on any atom is 0.446 e. The van der Waals surface area contributed by atoms with Gasteiger partial charge in [-0.1, -0.05) is 50.3 Å². The molecule has 0 aliphatic rings. The van der Waals surface area contributed by atoms with Crippen molar-refractivity contribution in [3.63, 3.8) is 0 Å². The molecule has 0 amide bonds. The van der Waals surface area contributed by atoms with Gasteiger partial charge in [0.1, 0.15) is 17.5 Å². The van der Waals surface area contributed by atoms with Gasteiger partial charge in [0.15, 0.2) is 16.7 Å². The van der Waals surface area contributed by atoms with E-state index in [1.165, 1.54) is 48.5 Å². The Morgan fingerprint density at radius 2 is 1.16 bits per heavy atom. The third kappa shape index (κ3) is 17.6. The van der Waals surface area contributed by atoms with Gasteiger partial charge in [0.05, 0.1) is 50.3 Å². The quantitative estimate of drug-likeness (QED) is 0.0158. The van der Waals surface area contributed by atoms with Crippen molar-refractivity contribution in [2.24, 2.45) is 10.9 Å². The summed E-state index contributed by atoms with van der Waals surface area (Å²) in [5, 5.41) is 48.4. The SMILES string of the molecule is CCCCON.CCCCONc1nonc1-c1noc(=O)n1-c1ccc(F)c(Br)c1.CCCCONc1nonc1C(=Nc1ccc(F)c(Br)c1)NO.O=c1onc(-c2nonc2[N+](=O)[O-])n1-c1ccc(F)c(Br)c1.[I-]. The Morgan fingerprint density at radius 1 is 0.688 bits per heavy atom. The number of nitro groups is 1. The highest BCUT2D eigenvalue weighted by molar-refractivity contribution is 9.11. The fourth-order valence-corrected chi connectivity index (χ4v) is 6.57. The lowest BCUT2D eigenvalue weighted by atomic mass is 10.3. The zero-order valence-corrected chi connectivity index (χ0v) is 46.9. The van der Waals surface area contributed by atoms with Gasteiger partial charge in [-0.05, 0) is 152 Å². The Morgan fingerprint density at radius 3 is 1.65 bits per heavy atom. The Balaban J connectivity index is 0.000000235. The topological polar surface area (TPSA) is 378 Å². The molecule has 77 heavy (non-hydrogen) atoms. The van der Waals surface area contributed by atoms with Crippen LogP contribution in [0.25, 0.3) is 34.4 Å². The molecule has 0 unspecified atom stereocenters. The summed E-state index contributed by atoms with van der Waals surface area (Å²) in [5.41, 5.74) is 7.80. The van der Waals surface area contributed by atoms with E-state index in [1.54, 1.807) is 0 Å². The zero-order chi connectivity index (χ0) is 55.1. The summed E-state index contributed by atoms with van der Waals surface area (Å²) >= 11 is 9.11. The van der Waals surface area contributed by atoms with Crippen molar-refractivity contribution < 1.29 is 84.7 Å². The largest absolute Gasteiger partial charge is 1.00 e. The van der Waals surface area contributed by atoms with Crippen LogP contribution in [0.5, 0.6) is 0 Å². The van der Waals surface area contributed by atoms with Gasteiger partial charge in [0, 0.05) is 0 Å². The van der Waals surface area contributed by atoms with Crippen LogP contribution in [0.2, 0.25) is 0 Å². The van der Waals surface area contributed by atoms with Crippen molar-refractivity contribution in [1.29, 1.82) is 0 Å². The number of anilines is 2. The summed E-state index contributed by atoms with van der Waals surface area (Å²) in [6, 6.07) is 11.8. The number of nitrogens with one attached hydrogen (secondary N) is 3. The number of aromatic nitrogens is 10. The van der Waals surface area contributed by atoms with Crippen LogP contribution in [0, 0.1) is 27.6 Å². The number of hydrogen-bond acceptors (Lipinski definition) is 25. The fraction of sp³-hybridized carbons (Fsp3) is 0.293. The van der Waals surface area contributed by atoms with Crippen LogP contribution in [0.4, 0.5) is 36.3 Å². The van der Waals surface area contributed by atoms with E-state index < -0.39 is 45.4 Å². The maximum atomic E-state index is 13.4. The standard InChI is InChI=1S/C14H13BrFN5O4.C13H15BrFN5O3.C10H3BrFN5O5.C4H11NO.HI/c1-2-3-6-23-18-12-11(17-25-19-12)13-20-24-14(22)21(13)8-4-5-10(16)9(15)7-8;1-2-3-6-22-19-13-11(18-23-20-13)12(17-21)16-8-4-5-10(15)9(14)7-8;11-5-3-4(1-2-6(5)12)16-8(14-21-10(16)18)7-9(17(19)20)15-22-13-7;1-2-3-4-6-5;/h4-5,7H,2-3,6H2,1H3,(H,18,19);4-5,7,21H,2-3,6H2,1H3,(H,16,17)(H,19,20);1-3H;2-5H2,1H3;1H/p-1. The first-order valence-corrected chi connectivity index (χ1v) is 24.3. The lowest BCUT2D eigenvalue weighted by Gasteiger charge is -2.06. The molecule has 0 saturated heterocycles. The van der Waals surface area contributed by atoms with Crippen molar-refractivity contribution in [3.8, 4) is 34.4 Å². The summed E-state index contributed by atoms with van der Waals surface area (Å²) in [6.07, 6.45) is 5.89. The number of benzene rings is 3. The summed E-state index contributed by atoms with van der Waals surface area (Å²) in [5.74, 6) is 0.830. The first-order valence-electron chi connectivity index (χ1n) is 21.9. The number of hydrogen-bond donors (Lipinski definition) is 5. The van der Waals surface area contributed by atoms with Crippen LogP contribution in [0.3, 0.4) is 0 Å². The second-order valence-corrected chi connectivity index (χ2v) is 17.1. The smallest absolute Gasteiger partial charge is 0.446 e. The molecular formula is C41H42Br3F3IN16O13-. The Kier molecular flexibility index (Phi) is 26.1. The van der Waals surface area contributed by atoms with E-state index in [-0.39, 0.29) is 83.6 Å². The molecule has 0 spiro atoms. The molecule has 29 nitrogen and oxygen atoms in total. The summed E-state index contributed by atoms with van der Waals surface area (Å²) in [4.78, 5) is 52.7. The maximum absolute atomic E-state index is 13.4. The van der Waals surface area contributed by atoms with Crippen LogP contribution in [-0.2, 0) is 14.5 Å². The number of nitrogens with zero attached hydrogens (tertiary/aromatic N) is 12. The number of hydroxylamine groups is 1. The minimum Gasteiger partial charge on any atom is -1.00 e. The molecule has 8 rings (SSSR count). The van der Waals surface area contributed by atoms with Crippen molar-refractivity contribution in [3.05, 3.63) is 122 Å². The van der Waals surface area contributed by atoms with Gasteiger partial charge in [-0.3, -0.25) is 29.4 Å². The zero-order valence-electron chi connectivity index (χ0n) is 40.0. The highest BCUT2D eigenvalue weighted by Crippen LogP contribution is 2.29. The van der Waals surface area contributed by atoms with Gasteiger partial charge >= 0.3 is 17.3 Å². The number of rotatable bonds is 20. The van der Waals surface area contributed by atoms with Gasteiger partial charge in [-0.2, -0.15) is 0 Å². The van der Waals surface area contributed by atoms with Crippen LogP contribution in [0.1, 0.15) is 65.0 Å². The molecular weight excluding hydrogens is 1350 g/mol. The lowest BCUT2D eigenvalue weighted by molar-refractivity contribution is -0.390. The number of nitrogens with two attached hydrogens (primary N) is 1. The van der Waals surface area contributed by atoms with Gasteiger partial charge < -0.3 is 38.9 Å². The van der Waals surface area contributed by atoms with Gasteiger partial charge in [0.25, 0.3) is 5.69 Å². The summed E-state index contributed by atoms with van der Waals surface area (Å²) in [6.45, 7) is 7.79. The average molecular weight is 1390 g/mol. The highest BCUT2D eigenvalue weighted by atomic mass is 127. The lowest BCUT2D eigenvalue weighted by Crippen LogP contribution is -3.00. The van der Waals surface area contributed by atoms with Gasteiger partial charge in [-0.15, -0.1) is 4.63 Å². The van der Waals surface area contributed by atoms with E-state index in [2.05, 4.69) is 131 Å². The van der Waals surface area contributed by atoms with Crippen molar-refractivity contribution in [2.75, 3.05) is 30.8 Å². The normalized spacial score (nSPS) is 10.8. The molecule has 3 aromatic carbocycles. The van der Waals surface area contributed by atoms with Gasteiger partial charge in [0.2, 0.25) is 29.0 Å². The Hall–Kier alpha value is -6.81. The molecule has 6 N–H and O–H groups in total. The minimum absolute atomic E-state index is 0. The molecule has 0 atom stereocenters. The summed E-state index contributed by atoms with van der Waals surface area (Å²) < 4.78 is 65.3. The fourth-order valence-electron chi connectivity index (χ4n) is 5.47. The van der Waals surface area contributed by atoms with Gasteiger partial charge in [-0.25, -0.2) is 63.0 Å². The number of unbranched alkanes of at least 4 members (excludes halogenated alkanes) is 3. The summed E-state index contributed by atoms with van der Waals surface area (Å²) in [7, 11) is 0. The third-order valence-corrected chi connectivity index (χ3v) is 11.0. The molecule has 0 bridgehead atoms. The van der Waals surface area contributed by atoms with Crippen molar-refractivity contribution in [1.82, 2.24) is 55.9 Å². The second-order valence-electron chi connectivity index (χ2n) is 14.5. The molecule has 5 aromatic heterocycles. The van der Waals surface area contributed by atoms with Crippen LogP contribution in [-0.4, -0.2) is 86.2 Å². The van der Waals surface area contributed by atoms with Crippen LogP contribution in [0.15, 0.2) is 106 Å². The Labute approximate surface area is 472 Å². The first-order chi connectivity index (χ1) is 36.7. The molecule has 5 heterocycles. The first kappa shape index (κ1) is 62.7. The number of halogens is 7. The van der Waals surface area contributed by atoms with E-state index in [0.29, 0.717) is 31.2 Å². The van der Waals surface area contributed by atoms with Crippen LogP contribution >= 0.6 is 47.8 Å². The van der Waals surface area contributed by atoms with E-state index >= 15 is 0 Å². The Bertz CT molecular complexity index is 3280. The monoisotopic (exact) mass is 1390 g/mol. The van der Waals surface area contributed by atoms with E-state index in [4.69, 9.17) is 24.7 Å². The third-order valence-electron chi connectivity index (χ3n) is 9.20. The molecule has 0 radical (unpaired) electrons. The molecule has 0 saturated carbocycles.